The minimum absolute atomic E-state index is 0.0478. The van der Waals surface area contributed by atoms with Crippen molar-refractivity contribution in [3.63, 3.8) is 0 Å². The number of benzene rings is 1. The Hall–Kier alpha value is -2.82. The van der Waals surface area contributed by atoms with Gasteiger partial charge in [0.05, 0.1) is 28.6 Å². The zero-order chi connectivity index (χ0) is 21.1. The van der Waals surface area contributed by atoms with Gasteiger partial charge in [0.2, 0.25) is 16.0 Å². The molecule has 0 amide bonds. The van der Waals surface area contributed by atoms with Gasteiger partial charge in [-0.15, -0.1) is 0 Å². The number of aryl methyl sites for hydroxylation is 1. The number of imidazole rings is 1. The number of aromatic nitrogens is 4. The highest BCUT2D eigenvalue weighted by molar-refractivity contribution is 7.89. The molecule has 30 heavy (non-hydrogen) atoms. The molecule has 0 saturated carbocycles. The van der Waals surface area contributed by atoms with E-state index in [4.69, 9.17) is 4.74 Å². The second-order valence-electron chi connectivity index (χ2n) is 7.15. The summed E-state index contributed by atoms with van der Waals surface area (Å²) < 4.78 is 35.0. The second-order valence-corrected chi connectivity index (χ2v) is 8.92. The highest BCUT2D eigenvalue weighted by Gasteiger charge is 2.20. The van der Waals surface area contributed by atoms with Crippen LogP contribution in [0.5, 0.6) is 0 Å². The molecule has 1 fully saturated rings. The van der Waals surface area contributed by atoms with Crippen LogP contribution in [0.1, 0.15) is 18.7 Å². The van der Waals surface area contributed by atoms with Gasteiger partial charge in [-0.2, -0.15) is 0 Å². The van der Waals surface area contributed by atoms with Crippen LogP contribution in [0.25, 0.3) is 11.4 Å². The molecule has 3 aromatic rings. The zero-order valence-electron chi connectivity index (χ0n) is 16.9. The first-order chi connectivity index (χ1) is 14.4. The Morgan fingerprint density at radius 3 is 2.67 bits per heavy atom. The van der Waals surface area contributed by atoms with E-state index in [1.54, 1.807) is 36.7 Å². The molecule has 1 unspecified atom stereocenters. The highest BCUT2D eigenvalue weighted by Crippen LogP contribution is 2.21. The van der Waals surface area contributed by atoms with Gasteiger partial charge in [-0.25, -0.2) is 28.1 Å². The van der Waals surface area contributed by atoms with E-state index in [1.807, 2.05) is 24.6 Å². The number of nitrogens with one attached hydrogen (secondary N) is 2. The predicted molar refractivity (Wildman–Crippen MR) is 113 cm³/mol. The molecule has 2 aromatic heterocycles. The molecule has 1 saturated heterocycles. The number of hydrogen-bond donors (Lipinski definition) is 2. The van der Waals surface area contributed by atoms with Crippen LogP contribution in [-0.4, -0.2) is 47.2 Å². The largest absolute Gasteiger partial charge is 0.377 e. The Labute approximate surface area is 175 Å². The van der Waals surface area contributed by atoms with Crippen molar-refractivity contribution < 1.29 is 13.2 Å². The Kier molecular flexibility index (Phi) is 5.80. The molecule has 10 heteroatoms. The first kappa shape index (κ1) is 20.5. The van der Waals surface area contributed by atoms with Gasteiger partial charge in [-0.05, 0) is 50.1 Å². The molecule has 1 aliphatic rings. The summed E-state index contributed by atoms with van der Waals surface area (Å²) >= 11 is 0. The molecule has 0 radical (unpaired) electrons. The number of nitrogens with zero attached hydrogens (tertiary/aromatic N) is 4. The molecule has 1 aliphatic heterocycles. The fraction of sp³-hybridized carbons (Fsp3) is 0.350. The van der Waals surface area contributed by atoms with Crippen molar-refractivity contribution in [2.24, 2.45) is 7.05 Å². The van der Waals surface area contributed by atoms with Gasteiger partial charge in [-0.3, -0.25) is 0 Å². The van der Waals surface area contributed by atoms with Gasteiger partial charge in [0.1, 0.15) is 5.82 Å². The van der Waals surface area contributed by atoms with Crippen molar-refractivity contribution in [3.05, 3.63) is 48.5 Å². The maximum atomic E-state index is 12.5. The van der Waals surface area contributed by atoms with E-state index in [9.17, 15) is 8.42 Å². The van der Waals surface area contributed by atoms with E-state index >= 15 is 0 Å². The molecule has 4 rings (SSSR count). The molecule has 9 nitrogen and oxygen atoms in total. The van der Waals surface area contributed by atoms with Gasteiger partial charge in [0.25, 0.3) is 0 Å². The summed E-state index contributed by atoms with van der Waals surface area (Å²) in [7, 11) is -1.65. The molecule has 1 atom stereocenters. The summed E-state index contributed by atoms with van der Waals surface area (Å²) in [6.45, 7) is 2.90. The van der Waals surface area contributed by atoms with Crippen LogP contribution < -0.4 is 10.0 Å². The van der Waals surface area contributed by atoms with Gasteiger partial charge in [0, 0.05) is 32.1 Å². The van der Waals surface area contributed by atoms with Gasteiger partial charge in [-0.1, -0.05) is 0 Å². The summed E-state index contributed by atoms with van der Waals surface area (Å²) in [5.74, 6) is 1.31. The van der Waals surface area contributed by atoms with Crippen molar-refractivity contribution in [1.29, 1.82) is 0 Å². The summed E-state index contributed by atoms with van der Waals surface area (Å²) in [6.07, 6.45) is 5.23. The molecule has 1 aromatic carbocycles. The normalized spacial score (nSPS) is 16.7. The monoisotopic (exact) mass is 428 g/mol. The lowest BCUT2D eigenvalue weighted by atomic mass is 10.2. The molecular formula is C20H24N6O3S. The van der Waals surface area contributed by atoms with Crippen molar-refractivity contribution in [2.75, 3.05) is 18.5 Å². The third-order valence-corrected chi connectivity index (χ3v) is 6.52. The van der Waals surface area contributed by atoms with Crippen LogP contribution in [-0.2, 0) is 21.8 Å². The van der Waals surface area contributed by atoms with Crippen molar-refractivity contribution in [2.45, 2.75) is 30.8 Å². The number of anilines is 2. The van der Waals surface area contributed by atoms with Crippen molar-refractivity contribution >= 4 is 21.7 Å². The SMILES string of the molecule is Cc1ncc(-c2ccnc(Nc3ccc(S(=O)(=O)NCC4CCCO4)cc3)n2)n1C. The van der Waals surface area contributed by atoms with Crippen LogP contribution in [0, 0.1) is 6.92 Å². The van der Waals surface area contributed by atoms with Crippen LogP contribution in [0.3, 0.4) is 0 Å². The van der Waals surface area contributed by atoms with Gasteiger partial charge < -0.3 is 14.6 Å². The summed E-state index contributed by atoms with van der Waals surface area (Å²) in [4.78, 5) is 13.3. The second kappa shape index (κ2) is 8.50. The standard InChI is InChI=1S/C20H24N6O3S/c1-14-22-13-19(26(14)2)18-9-10-21-20(25-18)24-15-5-7-17(8-6-15)30(27,28)23-12-16-4-3-11-29-16/h5-10,13,16,23H,3-4,11-12H2,1-2H3,(H,21,24,25). The Morgan fingerprint density at radius 2 is 2.00 bits per heavy atom. The van der Waals surface area contributed by atoms with E-state index in [1.165, 1.54) is 0 Å². The lowest BCUT2D eigenvalue weighted by Crippen LogP contribution is -2.31. The molecule has 2 N–H and O–H groups in total. The van der Waals surface area contributed by atoms with E-state index < -0.39 is 10.0 Å². The Balaban J connectivity index is 1.44. The molecule has 0 bridgehead atoms. The third kappa shape index (κ3) is 4.50. The van der Waals surface area contributed by atoms with E-state index in [0.29, 0.717) is 18.2 Å². The van der Waals surface area contributed by atoms with Crippen molar-refractivity contribution in [3.8, 4) is 11.4 Å². The maximum Gasteiger partial charge on any atom is 0.240 e. The maximum absolute atomic E-state index is 12.5. The fourth-order valence-electron chi connectivity index (χ4n) is 3.24. The minimum atomic E-state index is -3.58. The van der Waals surface area contributed by atoms with Gasteiger partial charge >= 0.3 is 0 Å². The lowest BCUT2D eigenvalue weighted by molar-refractivity contribution is 0.114. The molecule has 0 aliphatic carbocycles. The topological polar surface area (TPSA) is 111 Å². The van der Waals surface area contributed by atoms with E-state index in [-0.39, 0.29) is 17.5 Å². The lowest BCUT2D eigenvalue weighted by Gasteiger charge is -2.12. The van der Waals surface area contributed by atoms with Crippen molar-refractivity contribution in [1.82, 2.24) is 24.2 Å². The van der Waals surface area contributed by atoms with Crippen LogP contribution >= 0.6 is 0 Å². The quantitative estimate of drug-likeness (QED) is 0.594. The Bertz CT molecular complexity index is 1120. The summed E-state index contributed by atoms with van der Waals surface area (Å²) in [6, 6.07) is 8.29. The van der Waals surface area contributed by atoms with Crippen LogP contribution in [0.2, 0.25) is 0 Å². The number of sulfonamides is 1. The smallest absolute Gasteiger partial charge is 0.240 e. The number of rotatable bonds is 7. The van der Waals surface area contributed by atoms with E-state index in [2.05, 4.69) is 25.0 Å². The summed E-state index contributed by atoms with van der Waals surface area (Å²) in [5, 5.41) is 3.11. The molecule has 3 heterocycles. The zero-order valence-corrected chi connectivity index (χ0v) is 17.7. The predicted octanol–water partition coefficient (Wildman–Crippen LogP) is 2.39. The van der Waals surface area contributed by atoms with Gasteiger partial charge in [0.15, 0.2) is 0 Å². The Morgan fingerprint density at radius 1 is 1.20 bits per heavy atom. The summed E-state index contributed by atoms with van der Waals surface area (Å²) in [5.41, 5.74) is 2.32. The highest BCUT2D eigenvalue weighted by atomic mass is 32.2. The average molecular weight is 429 g/mol. The molecule has 0 spiro atoms. The first-order valence-corrected chi connectivity index (χ1v) is 11.2. The average Bonchev–Trinajstić information content (AvgIpc) is 3.38. The number of ether oxygens (including phenoxy) is 1. The third-order valence-electron chi connectivity index (χ3n) is 5.08. The van der Waals surface area contributed by atoms with Crippen LogP contribution in [0.4, 0.5) is 11.6 Å². The molecular weight excluding hydrogens is 404 g/mol. The first-order valence-electron chi connectivity index (χ1n) is 9.72. The number of hydrogen-bond acceptors (Lipinski definition) is 7. The van der Waals surface area contributed by atoms with Crippen LogP contribution in [0.15, 0.2) is 47.6 Å². The molecule has 158 valence electrons. The van der Waals surface area contributed by atoms with E-state index in [0.717, 1.165) is 30.1 Å². The fourth-order valence-corrected chi connectivity index (χ4v) is 4.31. The minimum Gasteiger partial charge on any atom is -0.377 e.